The smallest absolute Gasteiger partial charge is 0.410 e. The molecule has 6 nitrogen and oxygen atoms in total. The Kier molecular flexibility index (Phi) is 4.56. The molecule has 3 rings (SSSR count). The minimum atomic E-state index is -0.550. The van der Waals surface area contributed by atoms with Crippen LogP contribution >= 0.6 is 0 Å². The first-order valence-corrected chi connectivity index (χ1v) is 8.67. The lowest BCUT2D eigenvalue weighted by Gasteiger charge is -2.30. The van der Waals surface area contributed by atoms with Crippen LogP contribution in [0.3, 0.4) is 0 Å². The second-order valence-corrected chi connectivity index (χ2v) is 7.62. The molecule has 0 spiro atoms. The van der Waals surface area contributed by atoms with Crippen molar-refractivity contribution in [3.63, 3.8) is 0 Å². The molecule has 0 aliphatic carbocycles. The van der Waals surface area contributed by atoms with E-state index in [4.69, 9.17) is 9.15 Å². The van der Waals surface area contributed by atoms with Crippen LogP contribution < -0.4 is 0 Å². The van der Waals surface area contributed by atoms with Crippen LogP contribution in [0.4, 0.5) is 4.79 Å². The number of likely N-dealkylation sites (tertiary alicyclic amines) is 2. The highest BCUT2D eigenvalue weighted by Gasteiger charge is 2.40. The molecule has 2 aliphatic rings. The van der Waals surface area contributed by atoms with Crippen molar-refractivity contribution >= 4 is 12.0 Å². The molecule has 6 heteroatoms. The molecule has 2 aliphatic heterocycles. The normalized spacial score (nSPS) is 24.5. The molecule has 2 fully saturated rings. The molecular formula is C18H26N2O4. The van der Waals surface area contributed by atoms with Crippen molar-refractivity contribution in [1.82, 2.24) is 9.80 Å². The number of rotatable bonds is 2. The Bertz CT molecular complexity index is 591. The van der Waals surface area contributed by atoms with Crippen molar-refractivity contribution in [2.45, 2.75) is 57.6 Å². The molecule has 0 bridgehead atoms. The van der Waals surface area contributed by atoms with Crippen molar-refractivity contribution in [2.75, 3.05) is 19.6 Å². The highest BCUT2D eigenvalue weighted by molar-refractivity contribution is 5.86. The van der Waals surface area contributed by atoms with E-state index in [1.807, 2.05) is 37.8 Å². The van der Waals surface area contributed by atoms with E-state index in [0.717, 1.165) is 18.6 Å². The Balaban J connectivity index is 1.63. The summed E-state index contributed by atoms with van der Waals surface area (Å²) in [4.78, 5) is 28.7. The van der Waals surface area contributed by atoms with Crippen molar-refractivity contribution < 1.29 is 18.7 Å². The summed E-state index contributed by atoms with van der Waals surface area (Å²) in [5.74, 6) is 1.22. The van der Waals surface area contributed by atoms with E-state index in [2.05, 4.69) is 0 Å². The van der Waals surface area contributed by atoms with E-state index >= 15 is 0 Å². The summed E-state index contributed by atoms with van der Waals surface area (Å²) in [5, 5.41) is 0. The van der Waals surface area contributed by atoms with E-state index in [-0.39, 0.29) is 17.9 Å². The van der Waals surface area contributed by atoms with Crippen LogP contribution in [0.5, 0.6) is 0 Å². The second kappa shape index (κ2) is 6.49. The van der Waals surface area contributed by atoms with Crippen molar-refractivity contribution in [1.29, 1.82) is 0 Å². The van der Waals surface area contributed by atoms with Gasteiger partial charge in [0, 0.05) is 25.6 Å². The third-order valence-corrected chi connectivity index (χ3v) is 4.61. The van der Waals surface area contributed by atoms with Gasteiger partial charge in [0.25, 0.3) is 0 Å². The van der Waals surface area contributed by atoms with Gasteiger partial charge < -0.3 is 14.1 Å². The Labute approximate surface area is 142 Å². The van der Waals surface area contributed by atoms with E-state index in [0.29, 0.717) is 26.1 Å². The van der Waals surface area contributed by atoms with Gasteiger partial charge in [0.15, 0.2) is 0 Å². The summed E-state index contributed by atoms with van der Waals surface area (Å²) in [7, 11) is 0. The van der Waals surface area contributed by atoms with Gasteiger partial charge in [-0.3, -0.25) is 9.69 Å². The van der Waals surface area contributed by atoms with Crippen molar-refractivity contribution in [3.8, 4) is 0 Å². The molecule has 2 atom stereocenters. The quantitative estimate of drug-likeness (QED) is 0.834. The zero-order valence-corrected chi connectivity index (χ0v) is 14.7. The number of amides is 2. The summed E-state index contributed by atoms with van der Waals surface area (Å²) in [5.41, 5.74) is -0.550. The SMILES string of the molecule is CC(C)(C)OC(=O)N1CCCC1C(=O)N1CCC(c2ccco2)C1. The van der Waals surface area contributed by atoms with Gasteiger partial charge in [-0.15, -0.1) is 0 Å². The molecule has 1 aromatic heterocycles. The standard InChI is InChI=1S/C18H26N2O4/c1-18(2,3)24-17(22)20-9-4-6-14(20)16(21)19-10-8-13(12-19)15-7-5-11-23-15/h5,7,11,13-14H,4,6,8-10,12H2,1-3H3. The fraction of sp³-hybridized carbons (Fsp3) is 0.667. The Morgan fingerprint density at radius 1 is 1.25 bits per heavy atom. The monoisotopic (exact) mass is 334 g/mol. The lowest BCUT2D eigenvalue weighted by molar-refractivity contribution is -0.134. The largest absolute Gasteiger partial charge is 0.469 e. The molecule has 0 N–H and O–H groups in total. The summed E-state index contributed by atoms with van der Waals surface area (Å²) in [6, 6.07) is 3.44. The average molecular weight is 334 g/mol. The summed E-state index contributed by atoms with van der Waals surface area (Å²) in [6.07, 6.45) is 3.73. The lowest BCUT2D eigenvalue weighted by atomic mass is 10.1. The van der Waals surface area contributed by atoms with Gasteiger partial charge in [0.2, 0.25) is 5.91 Å². The first kappa shape index (κ1) is 16.9. The minimum Gasteiger partial charge on any atom is -0.469 e. The third-order valence-electron chi connectivity index (χ3n) is 4.61. The van der Waals surface area contributed by atoms with Gasteiger partial charge in [-0.05, 0) is 52.2 Å². The topological polar surface area (TPSA) is 63.0 Å². The van der Waals surface area contributed by atoms with Gasteiger partial charge in [-0.1, -0.05) is 0 Å². The third kappa shape index (κ3) is 3.57. The van der Waals surface area contributed by atoms with Gasteiger partial charge >= 0.3 is 6.09 Å². The van der Waals surface area contributed by atoms with Crippen molar-refractivity contribution in [2.24, 2.45) is 0 Å². The molecule has 1 aromatic rings. The first-order valence-electron chi connectivity index (χ1n) is 8.67. The number of nitrogens with zero attached hydrogens (tertiary/aromatic N) is 2. The van der Waals surface area contributed by atoms with Gasteiger partial charge in [-0.2, -0.15) is 0 Å². The predicted molar refractivity (Wildman–Crippen MR) is 88.6 cm³/mol. The summed E-state index contributed by atoms with van der Waals surface area (Å²) < 4.78 is 10.9. The zero-order valence-electron chi connectivity index (χ0n) is 14.7. The van der Waals surface area contributed by atoms with Gasteiger partial charge in [0.05, 0.1) is 6.26 Å². The molecule has 24 heavy (non-hydrogen) atoms. The fourth-order valence-corrected chi connectivity index (χ4v) is 3.49. The maximum atomic E-state index is 12.9. The second-order valence-electron chi connectivity index (χ2n) is 7.62. The van der Waals surface area contributed by atoms with E-state index in [9.17, 15) is 9.59 Å². The number of ether oxygens (including phenoxy) is 1. The lowest BCUT2D eigenvalue weighted by Crippen LogP contribution is -2.48. The molecule has 2 amide bonds. The highest BCUT2D eigenvalue weighted by atomic mass is 16.6. The first-order chi connectivity index (χ1) is 11.3. The Morgan fingerprint density at radius 2 is 2.04 bits per heavy atom. The van der Waals surface area contributed by atoms with Crippen molar-refractivity contribution in [3.05, 3.63) is 24.2 Å². The molecule has 0 saturated carbocycles. The molecule has 2 saturated heterocycles. The van der Waals surface area contributed by atoms with Crippen LogP contribution in [0.15, 0.2) is 22.8 Å². The van der Waals surface area contributed by atoms with E-state index in [1.165, 1.54) is 0 Å². The molecule has 3 heterocycles. The fourth-order valence-electron chi connectivity index (χ4n) is 3.49. The molecule has 0 aromatic carbocycles. The maximum Gasteiger partial charge on any atom is 0.410 e. The summed E-state index contributed by atoms with van der Waals surface area (Å²) in [6.45, 7) is 7.47. The molecule has 132 valence electrons. The number of hydrogen-bond acceptors (Lipinski definition) is 4. The van der Waals surface area contributed by atoms with Crippen LogP contribution in [0, 0.1) is 0 Å². The van der Waals surface area contributed by atoms with Crippen LogP contribution in [-0.2, 0) is 9.53 Å². The predicted octanol–water partition coefficient (Wildman–Crippen LogP) is 3.00. The zero-order chi connectivity index (χ0) is 17.3. The van der Waals surface area contributed by atoms with Gasteiger partial charge in [-0.25, -0.2) is 4.79 Å². The average Bonchev–Trinajstić information content (AvgIpc) is 3.24. The van der Waals surface area contributed by atoms with Crippen LogP contribution in [0.2, 0.25) is 0 Å². The molecular weight excluding hydrogens is 308 g/mol. The Hall–Kier alpha value is -1.98. The van der Waals surface area contributed by atoms with Crippen LogP contribution in [0.1, 0.15) is 51.7 Å². The number of hydrogen-bond donors (Lipinski definition) is 0. The van der Waals surface area contributed by atoms with Crippen LogP contribution in [0.25, 0.3) is 0 Å². The number of furan rings is 1. The maximum absolute atomic E-state index is 12.9. The summed E-state index contributed by atoms with van der Waals surface area (Å²) >= 11 is 0. The number of carbonyl (C=O) groups excluding carboxylic acids is 2. The number of carbonyl (C=O) groups is 2. The molecule has 2 unspecified atom stereocenters. The Morgan fingerprint density at radius 3 is 2.71 bits per heavy atom. The van der Waals surface area contributed by atoms with Gasteiger partial charge in [0.1, 0.15) is 17.4 Å². The molecule has 0 radical (unpaired) electrons. The van der Waals surface area contributed by atoms with Crippen LogP contribution in [-0.4, -0.2) is 53.1 Å². The van der Waals surface area contributed by atoms with E-state index in [1.54, 1.807) is 11.2 Å². The van der Waals surface area contributed by atoms with E-state index < -0.39 is 11.6 Å². The highest BCUT2D eigenvalue weighted by Crippen LogP contribution is 2.30. The minimum absolute atomic E-state index is 0.0346.